The highest BCUT2D eigenvalue weighted by Crippen LogP contribution is 2.15. The van der Waals surface area contributed by atoms with E-state index in [2.05, 4.69) is 81.5 Å². The maximum absolute atomic E-state index is 12.8. The zero-order chi connectivity index (χ0) is 44.9. The molecule has 0 saturated heterocycles. The molecule has 0 aromatic heterocycles. The predicted octanol–water partition coefficient (Wildman–Crippen LogP) is 18.1. The standard InChI is InChI=1S/C57H102O5/c1-4-7-10-13-16-19-22-25-28-29-31-32-35-38-41-44-47-50-56(58)61-54-55(53-60-52-49-46-43-40-37-34-27-24-21-18-15-12-9-6-3)62-57(59)51-48-45-42-39-36-33-30-26-23-20-17-14-11-8-5-2/h8,11,16-17,19-20,25-26,28,30,55H,4-7,9-10,12-15,18,21-24,27,29,31-54H2,1-3H3/b11-8-,19-16-,20-17-,28-25-,30-26-. The third-order valence-corrected chi connectivity index (χ3v) is 11.5. The SMILES string of the molecule is CC/C=C\C/C=C\C/C=C\CCCCCCCC(=O)OC(COCCCCCCCCCCCCCCCC)COC(=O)CCCCCCCCC/C=C\C/C=C\CCCCC. The van der Waals surface area contributed by atoms with Gasteiger partial charge < -0.3 is 14.2 Å². The van der Waals surface area contributed by atoms with E-state index < -0.39 is 6.10 Å². The zero-order valence-electron chi connectivity index (χ0n) is 41.4. The van der Waals surface area contributed by atoms with Gasteiger partial charge in [-0.05, 0) is 83.5 Å². The van der Waals surface area contributed by atoms with E-state index in [0.29, 0.717) is 19.4 Å². The van der Waals surface area contributed by atoms with Crippen LogP contribution in [0.1, 0.15) is 265 Å². The van der Waals surface area contributed by atoms with Gasteiger partial charge in [-0.3, -0.25) is 9.59 Å². The molecule has 0 spiro atoms. The van der Waals surface area contributed by atoms with Crippen molar-refractivity contribution in [2.45, 2.75) is 271 Å². The molecule has 0 N–H and O–H groups in total. The number of rotatable bonds is 49. The first kappa shape index (κ1) is 59.6. The lowest BCUT2D eigenvalue weighted by Gasteiger charge is -2.18. The smallest absolute Gasteiger partial charge is 0.306 e. The molecule has 0 aliphatic carbocycles. The lowest BCUT2D eigenvalue weighted by atomic mass is 10.0. The molecule has 360 valence electrons. The van der Waals surface area contributed by atoms with Crippen LogP contribution in [0, 0.1) is 0 Å². The molecule has 0 saturated carbocycles. The van der Waals surface area contributed by atoms with E-state index in [0.717, 1.165) is 83.5 Å². The first-order valence-corrected chi connectivity index (χ1v) is 26.8. The number of carbonyl (C=O) groups is 2. The van der Waals surface area contributed by atoms with E-state index >= 15 is 0 Å². The molecular formula is C57H102O5. The molecule has 0 aliphatic heterocycles. The van der Waals surface area contributed by atoms with Crippen molar-refractivity contribution in [3.05, 3.63) is 60.8 Å². The van der Waals surface area contributed by atoms with Crippen LogP contribution in [-0.2, 0) is 23.8 Å². The molecule has 1 unspecified atom stereocenters. The Morgan fingerprint density at radius 3 is 1.19 bits per heavy atom. The number of esters is 2. The van der Waals surface area contributed by atoms with Crippen LogP contribution in [-0.4, -0.2) is 37.9 Å². The first-order chi connectivity index (χ1) is 30.6. The Morgan fingerprint density at radius 2 is 0.726 bits per heavy atom. The summed E-state index contributed by atoms with van der Waals surface area (Å²) in [6, 6.07) is 0. The lowest BCUT2D eigenvalue weighted by Crippen LogP contribution is -2.30. The number of carbonyl (C=O) groups excluding carboxylic acids is 2. The number of unbranched alkanes of at least 4 members (excludes halogenated alkanes) is 28. The first-order valence-electron chi connectivity index (χ1n) is 26.8. The summed E-state index contributed by atoms with van der Waals surface area (Å²) in [5, 5.41) is 0. The van der Waals surface area contributed by atoms with E-state index in [4.69, 9.17) is 14.2 Å². The summed E-state index contributed by atoms with van der Waals surface area (Å²) in [5.41, 5.74) is 0. The Hall–Kier alpha value is -2.40. The monoisotopic (exact) mass is 867 g/mol. The van der Waals surface area contributed by atoms with Crippen LogP contribution in [0.25, 0.3) is 0 Å². The maximum atomic E-state index is 12.8. The minimum atomic E-state index is -0.547. The molecule has 0 bridgehead atoms. The average molecular weight is 867 g/mol. The number of allylic oxidation sites excluding steroid dienone is 10. The van der Waals surface area contributed by atoms with Crippen LogP contribution >= 0.6 is 0 Å². The van der Waals surface area contributed by atoms with E-state index in [1.165, 1.54) is 148 Å². The fourth-order valence-electron chi connectivity index (χ4n) is 7.56. The molecule has 0 rings (SSSR count). The Kier molecular flexibility index (Phi) is 50.9. The van der Waals surface area contributed by atoms with Gasteiger partial charge in [0, 0.05) is 19.4 Å². The van der Waals surface area contributed by atoms with Gasteiger partial charge in [-0.1, -0.05) is 229 Å². The van der Waals surface area contributed by atoms with Crippen molar-refractivity contribution >= 4 is 11.9 Å². The van der Waals surface area contributed by atoms with E-state index in [-0.39, 0.29) is 25.2 Å². The Morgan fingerprint density at radius 1 is 0.371 bits per heavy atom. The summed E-state index contributed by atoms with van der Waals surface area (Å²) >= 11 is 0. The third kappa shape index (κ3) is 50.2. The third-order valence-electron chi connectivity index (χ3n) is 11.5. The molecular weight excluding hydrogens is 765 g/mol. The van der Waals surface area contributed by atoms with Crippen molar-refractivity contribution < 1.29 is 23.8 Å². The largest absolute Gasteiger partial charge is 0.462 e. The normalized spacial score (nSPS) is 12.6. The van der Waals surface area contributed by atoms with E-state index in [9.17, 15) is 9.59 Å². The number of hydrogen-bond acceptors (Lipinski definition) is 5. The highest BCUT2D eigenvalue weighted by Gasteiger charge is 2.17. The summed E-state index contributed by atoms with van der Waals surface area (Å²) in [5.74, 6) is -0.416. The second kappa shape index (κ2) is 52.9. The van der Waals surface area contributed by atoms with E-state index in [1.54, 1.807) is 0 Å². The van der Waals surface area contributed by atoms with Crippen LogP contribution in [0.15, 0.2) is 60.8 Å². The van der Waals surface area contributed by atoms with Crippen molar-refractivity contribution in [3.63, 3.8) is 0 Å². The van der Waals surface area contributed by atoms with Gasteiger partial charge >= 0.3 is 11.9 Å². The Balaban J connectivity index is 4.29. The van der Waals surface area contributed by atoms with Gasteiger partial charge in [-0.2, -0.15) is 0 Å². The topological polar surface area (TPSA) is 61.8 Å². The van der Waals surface area contributed by atoms with Gasteiger partial charge in [0.05, 0.1) is 6.61 Å². The van der Waals surface area contributed by atoms with Crippen molar-refractivity contribution in [2.24, 2.45) is 0 Å². The zero-order valence-corrected chi connectivity index (χ0v) is 41.4. The van der Waals surface area contributed by atoms with Gasteiger partial charge in [0.25, 0.3) is 0 Å². The van der Waals surface area contributed by atoms with Crippen LogP contribution in [0.4, 0.5) is 0 Å². The predicted molar refractivity (Wildman–Crippen MR) is 270 cm³/mol. The summed E-state index contributed by atoms with van der Waals surface area (Å²) in [6.07, 6.45) is 66.5. The molecule has 0 aliphatic rings. The van der Waals surface area contributed by atoms with Crippen LogP contribution in [0.2, 0.25) is 0 Å². The number of hydrogen-bond donors (Lipinski definition) is 0. The quantitative estimate of drug-likeness (QED) is 0.0346. The average Bonchev–Trinajstić information content (AvgIpc) is 3.27. The van der Waals surface area contributed by atoms with Crippen molar-refractivity contribution in [2.75, 3.05) is 19.8 Å². The molecule has 0 aromatic carbocycles. The molecule has 0 fully saturated rings. The summed E-state index contributed by atoms with van der Waals surface area (Å²) < 4.78 is 17.4. The Bertz CT molecular complexity index is 1070. The Labute approximate surface area is 385 Å². The summed E-state index contributed by atoms with van der Waals surface area (Å²) in [4.78, 5) is 25.4. The summed E-state index contributed by atoms with van der Waals surface area (Å²) in [6.45, 7) is 7.70. The van der Waals surface area contributed by atoms with Crippen molar-refractivity contribution in [3.8, 4) is 0 Å². The minimum Gasteiger partial charge on any atom is -0.462 e. The van der Waals surface area contributed by atoms with Gasteiger partial charge in [-0.25, -0.2) is 0 Å². The molecule has 5 heteroatoms. The van der Waals surface area contributed by atoms with E-state index in [1.807, 2.05) is 0 Å². The highest BCUT2D eigenvalue weighted by atomic mass is 16.6. The number of ether oxygens (including phenoxy) is 3. The van der Waals surface area contributed by atoms with Gasteiger partial charge in [-0.15, -0.1) is 0 Å². The highest BCUT2D eigenvalue weighted by molar-refractivity contribution is 5.70. The molecule has 5 nitrogen and oxygen atoms in total. The molecule has 62 heavy (non-hydrogen) atoms. The molecule has 0 radical (unpaired) electrons. The summed E-state index contributed by atoms with van der Waals surface area (Å²) in [7, 11) is 0. The van der Waals surface area contributed by atoms with Gasteiger partial charge in [0.15, 0.2) is 6.10 Å². The maximum Gasteiger partial charge on any atom is 0.306 e. The fourth-order valence-corrected chi connectivity index (χ4v) is 7.56. The van der Waals surface area contributed by atoms with Gasteiger partial charge in [0.2, 0.25) is 0 Å². The second-order valence-electron chi connectivity index (χ2n) is 17.8. The molecule has 0 amide bonds. The molecule has 1 atom stereocenters. The van der Waals surface area contributed by atoms with Crippen molar-refractivity contribution in [1.29, 1.82) is 0 Å². The van der Waals surface area contributed by atoms with Crippen LogP contribution < -0.4 is 0 Å². The minimum absolute atomic E-state index is 0.0756. The second-order valence-corrected chi connectivity index (χ2v) is 17.8. The molecule has 0 aromatic rings. The van der Waals surface area contributed by atoms with Gasteiger partial charge in [0.1, 0.15) is 6.61 Å². The molecule has 0 heterocycles. The lowest BCUT2D eigenvalue weighted by molar-refractivity contribution is -0.163. The van der Waals surface area contributed by atoms with Crippen molar-refractivity contribution in [1.82, 2.24) is 0 Å². The van der Waals surface area contributed by atoms with Crippen LogP contribution in [0.3, 0.4) is 0 Å². The fraction of sp³-hybridized carbons (Fsp3) is 0.789. The van der Waals surface area contributed by atoms with Crippen LogP contribution in [0.5, 0.6) is 0 Å².